The zero-order chi connectivity index (χ0) is 14.0. The fourth-order valence-electron chi connectivity index (χ4n) is 2.99. The zero-order valence-electron chi connectivity index (χ0n) is 11.7. The molecule has 1 atom stereocenters. The van der Waals surface area contributed by atoms with Crippen LogP contribution in [0.4, 0.5) is 0 Å². The Labute approximate surface area is 133 Å². The van der Waals surface area contributed by atoms with E-state index in [4.69, 9.17) is 0 Å². The smallest absolute Gasteiger partial charge is 0.0524 e. The predicted molar refractivity (Wildman–Crippen MR) is 90.4 cm³/mol. The maximum atomic E-state index is 3.79. The van der Waals surface area contributed by atoms with E-state index in [9.17, 15) is 0 Å². The van der Waals surface area contributed by atoms with Crippen molar-refractivity contribution in [2.75, 3.05) is 6.54 Å². The number of hydrogen-bond donors (Lipinski definition) is 1. The molecule has 0 spiro atoms. The highest BCUT2D eigenvalue weighted by Crippen LogP contribution is 2.58. The molecular weight excluding hydrogens is 330 g/mol. The van der Waals surface area contributed by atoms with Gasteiger partial charge in [0, 0.05) is 14.8 Å². The van der Waals surface area contributed by atoms with Crippen molar-refractivity contribution in [2.24, 2.45) is 0 Å². The van der Waals surface area contributed by atoms with Gasteiger partial charge >= 0.3 is 0 Å². The average Bonchev–Trinajstić information content (AvgIpc) is 3.18. The van der Waals surface area contributed by atoms with Crippen LogP contribution in [0.5, 0.6) is 0 Å². The summed E-state index contributed by atoms with van der Waals surface area (Å²) in [6.45, 7) is 3.30. The monoisotopic (exact) mass is 349 g/mol. The number of nitrogens with one attached hydrogen (secondary N) is 1. The van der Waals surface area contributed by atoms with E-state index >= 15 is 0 Å². The Balaban J connectivity index is 1.96. The van der Waals surface area contributed by atoms with Gasteiger partial charge in [-0.3, -0.25) is 0 Å². The van der Waals surface area contributed by atoms with Crippen molar-refractivity contribution in [3.05, 3.63) is 56.7 Å². The summed E-state index contributed by atoms with van der Waals surface area (Å²) in [4.78, 5) is 1.44. The van der Waals surface area contributed by atoms with Crippen LogP contribution < -0.4 is 5.32 Å². The molecule has 0 bridgehead atoms. The molecule has 3 rings (SSSR count). The molecule has 1 nitrogen and oxygen atoms in total. The van der Waals surface area contributed by atoms with Gasteiger partial charge in [-0.15, -0.1) is 11.3 Å². The SMILES string of the molecule is CCCNC(c1sccc1Br)C1(c2ccccc2)CC1. The van der Waals surface area contributed by atoms with Crippen LogP contribution in [0.15, 0.2) is 46.3 Å². The summed E-state index contributed by atoms with van der Waals surface area (Å²) in [5.74, 6) is 0. The number of halogens is 1. The second-order valence-corrected chi connectivity index (χ2v) is 7.34. The zero-order valence-corrected chi connectivity index (χ0v) is 14.1. The first-order chi connectivity index (χ1) is 9.78. The standard InChI is InChI=1S/C17H20BrNS/c1-2-11-19-16(15-14(18)8-12-20-15)17(9-10-17)13-6-4-3-5-7-13/h3-8,12,16,19H,2,9-11H2,1H3. The van der Waals surface area contributed by atoms with Crippen molar-refractivity contribution in [1.29, 1.82) is 0 Å². The fraction of sp³-hybridized carbons (Fsp3) is 0.412. The molecule has 0 saturated heterocycles. The summed E-state index contributed by atoms with van der Waals surface area (Å²) < 4.78 is 1.25. The van der Waals surface area contributed by atoms with Crippen LogP contribution in [0.1, 0.15) is 42.7 Å². The largest absolute Gasteiger partial charge is 0.308 e. The van der Waals surface area contributed by atoms with Gasteiger partial charge in [0.15, 0.2) is 0 Å². The summed E-state index contributed by atoms with van der Waals surface area (Å²) in [6, 6.07) is 13.6. The molecule has 1 aliphatic carbocycles. The lowest BCUT2D eigenvalue weighted by Crippen LogP contribution is -2.32. The number of hydrogen-bond acceptors (Lipinski definition) is 2. The van der Waals surface area contributed by atoms with Gasteiger partial charge in [0.05, 0.1) is 6.04 Å². The second kappa shape index (κ2) is 6.00. The summed E-state index contributed by atoms with van der Waals surface area (Å²) in [5.41, 5.74) is 1.78. The Morgan fingerprint density at radius 2 is 2.00 bits per heavy atom. The molecule has 1 unspecified atom stereocenters. The Morgan fingerprint density at radius 1 is 1.25 bits per heavy atom. The van der Waals surface area contributed by atoms with Gasteiger partial charge < -0.3 is 5.32 Å². The molecule has 3 heteroatoms. The predicted octanol–water partition coefficient (Wildman–Crippen LogP) is 5.28. The van der Waals surface area contributed by atoms with Gasteiger partial charge in [-0.1, -0.05) is 37.3 Å². The molecule has 1 fully saturated rings. The highest BCUT2D eigenvalue weighted by atomic mass is 79.9. The van der Waals surface area contributed by atoms with Crippen molar-refractivity contribution < 1.29 is 0 Å². The normalized spacial score (nSPS) is 17.9. The molecule has 1 N–H and O–H groups in total. The second-order valence-electron chi connectivity index (χ2n) is 5.54. The molecular formula is C17H20BrNS. The third-order valence-electron chi connectivity index (χ3n) is 4.20. The van der Waals surface area contributed by atoms with E-state index in [0.29, 0.717) is 11.5 Å². The van der Waals surface area contributed by atoms with Crippen LogP contribution in [0, 0.1) is 0 Å². The highest BCUT2D eigenvalue weighted by molar-refractivity contribution is 9.10. The van der Waals surface area contributed by atoms with Crippen LogP contribution in [0.2, 0.25) is 0 Å². The summed E-state index contributed by atoms with van der Waals surface area (Å²) in [7, 11) is 0. The van der Waals surface area contributed by atoms with E-state index in [2.05, 4.69) is 69.9 Å². The van der Waals surface area contributed by atoms with Crippen LogP contribution in [0.3, 0.4) is 0 Å². The van der Waals surface area contributed by atoms with Gasteiger partial charge in [-0.2, -0.15) is 0 Å². The van der Waals surface area contributed by atoms with Crippen LogP contribution >= 0.6 is 27.3 Å². The minimum Gasteiger partial charge on any atom is -0.308 e. The quantitative estimate of drug-likeness (QED) is 0.747. The molecule has 106 valence electrons. The average molecular weight is 350 g/mol. The van der Waals surface area contributed by atoms with Gasteiger partial charge in [0.1, 0.15) is 0 Å². The third kappa shape index (κ3) is 2.59. The Bertz CT molecular complexity index is 559. The lowest BCUT2D eigenvalue weighted by Gasteiger charge is -2.28. The minimum absolute atomic E-state index is 0.295. The van der Waals surface area contributed by atoms with Crippen LogP contribution in [0.25, 0.3) is 0 Å². The molecule has 0 radical (unpaired) electrons. The van der Waals surface area contributed by atoms with E-state index < -0.39 is 0 Å². The van der Waals surface area contributed by atoms with E-state index in [1.807, 2.05) is 11.3 Å². The van der Waals surface area contributed by atoms with Crippen molar-refractivity contribution >= 4 is 27.3 Å². The van der Waals surface area contributed by atoms with E-state index in [1.165, 1.54) is 34.2 Å². The first-order valence-electron chi connectivity index (χ1n) is 7.30. The van der Waals surface area contributed by atoms with Gasteiger partial charge in [0.25, 0.3) is 0 Å². The lowest BCUT2D eigenvalue weighted by atomic mass is 9.87. The van der Waals surface area contributed by atoms with Gasteiger partial charge in [0.2, 0.25) is 0 Å². The maximum absolute atomic E-state index is 3.79. The highest BCUT2D eigenvalue weighted by Gasteiger charge is 2.51. The number of rotatable bonds is 6. The van der Waals surface area contributed by atoms with Gasteiger partial charge in [-0.25, -0.2) is 0 Å². The topological polar surface area (TPSA) is 12.0 Å². The Kier molecular flexibility index (Phi) is 4.29. The first-order valence-corrected chi connectivity index (χ1v) is 8.97. The molecule has 2 aromatic rings. The Hall–Kier alpha value is -0.640. The van der Waals surface area contributed by atoms with Crippen molar-refractivity contribution in [2.45, 2.75) is 37.6 Å². The van der Waals surface area contributed by atoms with E-state index in [0.717, 1.165) is 6.54 Å². The molecule has 0 amide bonds. The van der Waals surface area contributed by atoms with E-state index in [1.54, 1.807) is 0 Å². The van der Waals surface area contributed by atoms with Crippen LogP contribution in [-0.4, -0.2) is 6.54 Å². The Morgan fingerprint density at radius 3 is 2.55 bits per heavy atom. The summed E-state index contributed by atoms with van der Waals surface area (Å²) in [5, 5.41) is 5.98. The van der Waals surface area contributed by atoms with Gasteiger partial charge in [-0.05, 0) is 58.7 Å². The van der Waals surface area contributed by atoms with E-state index in [-0.39, 0.29) is 0 Å². The molecule has 0 aliphatic heterocycles. The van der Waals surface area contributed by atoms with Crippen molar-refractivity contribution in [3.8, 4) is 0 Å². The lowest BCUT2D eigenvalue weighted by molar-refractivity contribution is 0.434. The van der Waals surface area contributed by atoms with Crippen molar-refractivity contribution in [1.82, 2.24) is 5.32 Å². The number of thiophene rings is 1. The summed E-state index contributed by atoms with van der Waals surface area (Å²) in [6.07, 6.45) is 3.73. The molecule has 1 saturated carbocycles. The molecule has 1 aromatic carbocycles. The summed E-state index contributed by atoms with van der Waals surface area (Å²) >= 11 is 5.58. The number of benzene rings is 1. The first kappa shape index (κ1) is 14.3. The molecule has 1 heterocycles. The molecule has 20 heavy (non-hydrogen) atoms. The molecule has 1 aromatic heterocycles. The fourth-order valence-corrected chi connectivity index (χ4v) is 4.78. The third-order valence-corrected chi connectivity index (χ3v) is 6.13. The maximum Gasteiger partial charge on any atom is 0.0524 e. The minimum atomic E-state index is 0.295. The molecule has 1 aliphatic rings. The van der Waals surface area contributed by atoms with Crippen LogP contribution in [-0.2, 0) is 5.41 Å². The van der Waals surface area contributed by atoms with Crippen molar-refractivity contribution in [3.63, 3.8) is 0 Å².